The molecule has 6 nitrogen and oxygen atoms in total. The summed E-state index contributed by atoms with van der Waals surface area (Å²) in [4.78, 5) is 23.9. The first-order valence-electron chi connectivity index (χ1n) is 7.18. The highest BCUT2D eigenvalue weighted by atomic mass is 16.5. The van der Waals surface area contributed by atoms with Gasteiger partial charge in [0.05, 0.1) is 7.11 Å². The molecule has 22 heavy (non-hydrogen) atoms. The number of carbonyl (C=O) groups is 1. The lowest BCUT2D eigenvalue weighted by Gasteiger charge is -2.11. The van der Waals surface area contributed by atoms with E-state index in [0.29, 0.717) is 11.4 Å². The van der Waals surface area contributed by atoms with Crippen molar-refractivity contribution < 1.29 is 9.53 Å². The van der Waals surface area contributed by atoms with Gasteiger partial charge in [0.2, 0.25) is 5.91 Å². The number of benzene rings is 1. The number of nitrogens with one attached hydrogen (secondary N) is 1. The van der Waals surface area contributed by atoms with Crippen LogP contribution < -0.4 is 15.6 Å². The Labute approximate surface area is 127 Å². The number of aromatic nitrogens is 2. The van der Waals surface area contributed by atoms with E-state index in [1.807, 2.05) is 30.3 Å². The van der Waals surface area contributed by atoms with Gasteiger partial charge < -0.3 is 10.1 Å². The molecule has 2 aromatic rings. The molecular weight excluding hydrogens is 282 g/mol. The van der Waals surface area contributed by atoms with Crippen LogP contribution in [0.3, 0.4) is 0 Å². The quantitative estimate of drug-likeness (QED) is 0.900. The fraction of sp³-hybridized carbons (Fsp3) is 0.312. The predicted octanol–water partition coefficient (Wildman–Crippen LogP) is 1.20. The van der Waals surface area contributed by atoms with Gasteiger partial charge in [-0.2, -0.15) is 5.10 Å². The van der Waals surface area contributed by atoms with Crippen molar-refractivity contribution in [2.75, 3.05) is 7.11 Å². The summed E-state index contributed by atoms with van der Waals surface area (Å²) < 4.78 is 6.41. The van der Waals surface area contributed by atoms with Crippen molar-refractivity contribution in [3.8, 4) is 17.0 Å². The van der Waals surface area contributed by atoms with Crippen molar-refractivity contribution >= 4 is 5.91 Å². The minimum absolute atomic E-state index is 0.0842. The SMILES string of the molecule is COc1cc(=O)n(CC(=O)NC2CC2)nc1-c1ccccc1. The van der Waals surface area contributed by atoms with Gasteiger partial charge in [-0.25, -0.2) is 4.68 Å². The maximum absolute atomic E-state index is 12.1. The van der Waals surface area contributed by atoms with Gasteiger partial charge in [0.15, 0.2) is 5.75 Å². The third-order valence-electron chi connectivity index (χ3n) is 3.47. The average Bonchev–Trinajstić information content (AvgIpc) is 3.33. The van der Waals surface area contributed by atoms with E-state index in [4.69, 9.17) is 4.74 Å². The van der Waals surface area contributed by atoms with Crippen molar-refractivity contribution in [2.45, 2.75) is 25.4 Å². The molecule has 1 amide bonds. The predicted molar refractivity (Wildman–Crippen MR) is 81.6 cm³/mol. The molecule has 1 aliphatic rings. The summed E-state index contributed by atoms with van der Waals surface area (Å²) in [6.45, 7) is -0.0842. The first kappa shape index (κ1) is 14.3. The molecule has 0 unspecified atom stereocenters. The van der Waals surface area contributed by atoms with Crippen molar-refractivity contribution in [1.82, 2.24) is 15.1 Å². The Kier molecular flexibility index (Phi) is 3.91. The highest BCUT2D eigenvalue weighted by Crippen LogP contribution is 2.25. The first-order valence-corrected chi connectivity index (χ1v) is 7.18. The molecule has 1 fully saturated rings. The Morgan fingerprint density at radius 3 is 2.73 bits per heavy atom. The molecule has 0 atom stereocenters. The molecule has 6 heteroatoms. The number of hydrogen-bond donors (Lipinski definition) is 1. The molecule has 0 spiro atoms. The second-order valence-electron chi connectivity index (χ2n) is 5.27. The van der Waals surface area contributed by atoms with Gasteiger partial charge in [-0.05, 0) is 12.8 Å². The fourth-order valence-corrected chi connectivity index (χ4v) is 2.18. The van der Waals surface area contributed by atoms with Gasteiger partial charge in [0, 0.05) is 17.7 Å². The van der Waals surface area contributed by atoms with E-state index in [1.54, 1.807) is 0 Å². The standard InChI is InChI=1S/C16H17N3O3/c1-22-13-9-15(21)19(10-14(20)17-12-7-8-12)18-16(13)11-5-3-2-4-6-11/h2-6,9,12H,7-8,10H2,1H3,(H,17,20). The summed E-state index contributed by atoms with van der Waals surface area (Å²) in [6.07, 6.45) is 2.01. The Morgan fingerprint density at radius 2 is 2.09 bits per heavy atom. The van der Waals surface area contributed by atoms with Gasteiger partial charge in [-0.15, -0.1) is 0 Å². The van der Waals surface area contributed by atoms with Gasteiger partial charge in [-0.3, -0.25) is 9.59 Å². The van der Waals surface area contributed by atoms with Crippen LogP contribution >= 0.6 is 0 Å². The van der Waals surface area contributed by atoms with Gasteiger partial charge in [0.1, 0.15) is 12.2 Å². The second-order valence-corrected chi connectivity index (χ2v) is 5.27. The fourth-order valence-electron chi connectivity index (χ4n) is 2.18. The highest BCUT2D eigenvalue weighted by molar-refractivity contribution is 5.76. The molecule has 0 bridgehead atoms. The highest BCUT2D eigenvalue weighted by Gasteiger charge is 2.23. The van der Waals surface area contributed by atoms with Crippen LogP contribution in [-0.4, -0.2) is 28.8 Å². The smallest absolute Gasteiger partial charge is 0.270 e. The minimum atomic E-state index is -0.359. The summed E-state index contributed by atoms with van der Waals surface area (Å²) in [5.74, 6) is 0.205. The number of nitrogens with zero attached hydrogens (tertiary/aromatic N) is 2. The summed E-state index contributed by atoms with van der Waals surface area (Å²) in [5, 5.41) is 7.15. The molecular formula is C16H17N3O3. The zero-order chi connectivity index (χ0) is 15.5. The molecule has 1 N–H and O–H groups in total. The molecule has 0 aliphatic heterocycles. The lowest BCUT2D eigenvalue weighted by Crippen LogP contribution is -2.34. The largest absolute Gasteiger partial charge is 0.494 e. The van der Waals surface area contributed by atoms with E-state index in [2.05, 4.69) is 10.4 Å². The van der Waals surface area contributed by atoms with Crippen LogP contribution in [0.5, 0.6) is 5.75 Å². The number of rotatable bonds is 5. The van der Waals surface area contributed by atoms with E-state index in [-0.39, 0.29) is 24.1 Å². The molecule has 114 valence electrons. The first-order chi connectivity index (χ1) is 10.7. The maximum Gasteiger partial charge on any atom is 0.270 e. The Balaban J connectivity index is 1.93. The molecule has 1 heterocycles. The topological polar surface area (TPSA) is 73.2 Å². The third-order valence-corrected chi connectivity index (χ3v) is 3.47. The van der Waals surface area contributed by atoms with Crippen LogP contribution in [0.2, 0.25) is 0 Å². The summed E-state index contributed by atoms with van der Waals surface area (Å²) >= 11 is 0. The number of carbonyl (C=O) groups excluding carboxylic acids is 1. The monoisotopic (exact) mass is 299 g/mol. The van der Waals surface area contributed by atoms with Crippen LogP contribution in [0.4, 0.5) is 0 Å². The Bertz CT molecular complexity index is 736. The molecule has 1 aromatic carbocycles. The zero-order valence-corrected chi connectivity index (χ0v) is 12.3. The van der Waals surface area contributed by atoms with Crippen molar-refractivity contribution in [2.24, 2.45) is 0 Å². The normalized spacial score (nSPS) is 13.7. The van der Waals surface area contributed by atoms with E-state index < -0.39 is 0 Å². The second kappa shape index (κ2) is 6.01. The molecule has 1 aliphatic carbocycles. The van der Waals surface area contributed by atoms with Crippen molar-refractivity contribution in [3.05, 3.63) is 46.8 Å². The van der Waals surface area contributed by atoms with Crippen molar-refractivity contribution in [1.29, 1.82) is 0 Å². The minimum Gasteiger partial charge on any atom is -0.494 e. The lowest BCUT2D eigenvalue weighted by molar-refractivity contribution is -0.122. The van der Waals surface area contributed by atoms with Gasteiger partial charge >= 0.3 is 0 Å². The zero-order valence-electron chi connectivity index (χ0n) is 12.3. The summed E-state index contributed by atoms with van der Waals surface area (Å²) in [5.41, 5.74) is 1.01. The number of ether oxygens (including phenoxy) is 1. The molecule has 0 radical (unpaired) electrons. The van der Waals surface area contributed by atoms with Crippen LogP contribution in [-0.2, 0) is 11.3 Å². The number of amides is 1. The Hall–Kier alpha value is -2.63. The number of methoxy groups -OCH3 is 1. The van der Waals surface area contributed by atoms with E-state index in [1.165, 1.54) is 17.9 Å². The van der Waals surface area contributed by atoms with Crippen molar-refractivity contribution in [3.63, 3.8) is 0 Å². The lowest BCUT2D eigenvalue weighted by atomic mass is 10.1. The van der Waals surface area contributed by atoms with Gasteiger partial charge in [-0.1, -0.05) is 30.3 Å². The van der Waals surface area contributed by atoms with Crippen LogP contribution in [0.1, 0.15) is 12.8 Å². The van der Waals surface area contributed by atoms with E-state index in [0.717, 1.165) is 18.4 Å². The van der Waals surface area contributed by atoms with Crippen LogP contribution in [0.15, 0.2) is 41.2 Å². The number of hydrogen-bond acceptors (Lipinski definition) is 4. The van der Waals surface area contributed by atoms with E-state index >= 15 is 0 Å². The third kappa shape index (κ3) is 3.16. The molecule has 1 aromatic heterocycles. The maximum atomic E-state index is 12.1. The van der Waals surface area contributed by atoms with E-state index in [9.17, 15) is 9.59 Å². The Morgan fingerprint density at radius 1 is 1.36 bits per heavy atom. The summed E-state index contributed by atoms with van der Waals surface area (Å²) in [7, 11) is 1.49. The van der Waals surface area contributed by atoms with Crippen LogP contribution in [0.25, 0.3) is 11.3 Å². The van der Waals surface area contributed by atoms with Crippen LogP contribution in [0, 0.1) is 0 Å². The molecule has 3 rings (SSSR count). The average molecular weight is 299 g/mol. The van der Waals surface area contributed by atoms with Gasteiger partial charge in [0.25, 0.3) is 5.56 Å². The molecule has 1 saturated carbocycles. The summed E-state index contributed by atoms with van der Waals surface area (Å²) in [6, 6.07) is 11.0. The molecule has 0 saturated heterocycles.